The van der Waals surface area contributed by atoms with Gasteiger partial charge < -0.3 is 24.8 Å². The molecule has 0 bridgehead atoms. The maximum Gasteiger partial charge on any atom is 0.212 e. The summed E-state index contributed by atoms with van der Waals surface area (Å²) in [6.45, 7) is 6.20. The van der Waals surface area contributed by atoms with Crippen molar-refractivity contribution in [1.29, 1.82) is 0 Å². The van der Waals surface area contributed by atoms with Gasteiger partial charge in [0, 0.05) is 39.1 Å². The molecule has 0 spiro atoms. The van der Waals surface area contributed by atoms with Gasteiger partial charge in [-0.05, 0) is 18.9 Å². The van der Waals surface area contributed by atoms with E-state index in [4.69, 9.17) is 14.2 Å². The maximum atomic E-state index is 5.42. The first-order valence-electron chi connectivity index (χ1n) is 7.88. The smallest absolute Gasteiger partial charge is 0.212 e. The van der Waals surface area contributed by atoms with Crippen LogP contribution in [0.2, 0.25) is 0 Å². The van der Waals surface area contributed by atoms with Crippen LogP contribution in [0.3, 0.4) is 0 Å². The first kappa shape index (κ1) is 19.2. The second kappa shape index (κ2) is 12.7. The number of nitrogens with zero attached hydrogens (tertiary/aromatic N) is 2. The van der Waals surface area contributed by atoms with E-state index >= 15 is 0 Å². The minimum absolute atomic E-state index is 0.566. The minimum atomic E-state index is 0.566. The zero-order valence-corrected chi connectivity index (χ0v) is 14.3. The van der Waals surface area contributed by atoms with Gasteiger partial charge in [-0.3, -0.25) is 0 Å². The molecule has 1 aromatic rings. The summed E-state index contributed by atoms with van der Waals surface area (Å²) < 4.78 is 15.4. The molecule has 130 valence electrons. The summed E-state index contributed by atoms with van der Waals surface area (Å²) >= 11 is 0. The third kappa shape index (κ3) is 9.00. The summed E-state index contributed by atoms with van der Waals surface area (Å²) in [5, 5.41) is 6.51. The molecule has 0 radical (unpaired) electrons. The highest BCUT2D eigenvalue weighted by molar-refractivity contribution is 5.79. The summed E-state index contributed by atoms with van der Waals surface area (Å²) in [6.07, 6.45) is 2.69. The molecule has 0 amide bonds. The molecule has 0 fully saturated rings. The van der Waals surface area contributed by atoms with Gasteiger partial charge in [0.1, 0.15) is 0 Å². The molecule has 0 atom stereocenters. The molecule has 0 saturated carbocycles. The fourth-order valence-electron chi connectivity index (χ4n) is 1.76. The molecule has 2 N–H and O–H groups in total. The van der Waals surface area contributed by atoms with Crippen LogP contribution in [-0.2, 0) is 16.0 Å². The van der Waals surface area contributed by atoms with E-state index in [1.165, 1.54) is 0 Å². The molecule has 23 heavy (non-hydrogen) atoms. The first-order valence-corrected chi connectivity index (χ1v) is 7.88. The van der Waals surface area contributed by atoms with Gasteiger partial charge in [-0.25, -0.2) is 9.98 Å². The molecule has 1 rings (SSSR count). The number of methoxy groups -OCH3 is 2. The van der Waals surface area contributed by atoms with Crippen LogP contribution in [0.25, 0.3) is 0 Å². The average Bonchev–Trinajstić information content (AvgIpc) is 2.59. The Kier molecular flexibility index (Phi) is 10.6. The highest BCUT2D eigenvalue weighted by Gasteiger charge is 1.99. The van der Waals surface area contributed by atoms with Crippen molar-refractivity contribution >= 4 is 5.96 Å². The lowest BCUT2D eigenvalue weighted by molar-refractivity contribution is 0.0698. The lowest BCUT2D eigenvalue weighted by Gasteiger charge is -2.11. The van der Waals surface area contributed by atoms with Crippen LogP contribution in [-0.4, -0.2) is 58.1 Å². The molecule has 0 aliphatic carbocycles. The van der Waals surface area contributed by atoms with Gasteiger partial charge in [0.2, 0.25) is 5.88 Å². The third-order valence-corrected chi connectivity index (χ3v) is 2.96. The molecule has 0 aliphatic rings. The lowest BCUT2D eigenvalue weighted by Crippen LogP contribution is -2.38. The average molecular weight is 324 g/mol. The van der Waals surface area contributed by atoms with Crippen molar-refractivity contribution in [3.63, 3.8) is 0 Å². The van der Waals surface area contributed by atoms with E-state index in [2.05, 4.69) is 20.6 Å². The van der Waals surface area contributed by atoms with Crippen LogP contribution in [0.5, 0.6) is 5.88 Å². The number of guanidine groups is 1. The predicted octanol–water partition coefficient (Wildman–Crippen LogP) is 1.20. The Hall–Kier alpha value is -1.86. The summed E-state index contributed by atoms with van der Waals surface area (Å²) in [6, 6.07) is 3.80. The molecular weight excluding hydrogens is 296 g/mol. The van der Waals surface area contributed by atoms with Gasteiger partial charge in [-0.15, -0.1) is 0 Å². The van der Waals surface area contributed by atoms with Crippen LogP contribution < -0.4 is 15.4 Å². The highest BCUT2D eigenvalue weighted by atomic mass is 16.5. The molecule has 0 unspecified atom stereocenters. The number of aliphatic imine (C=N–C) groups is 1. The Morgan fingerprint density at radius 1 is 1.17 bits per heavy atom. The van der Waals surface area contributed by atoms with Crippen molar-refractivity contribution in [2.45, 2.75) is 19.9 Å². The molecule has 1 aromatic heterocycles. The molecule has 0 saturated heterocycles. The number of ether oxygens (including phenoxy) is 3. The molecule has 0 aromatic carbocycles. The largest absolute Gasteiger partial charge is 0.481 e. The molecule has 7 heteroatoms. The second-order valence-corrected chi connectivity index (χ2v) is 4.79. The topological polar surface area (TPSA) is 77.0 Å². The fourth-order valence-corrected chi connectivity index (χ4v) is 1.76. The predicted molar refractivity (Wildman–Crippen MR) is 90.9 cm³/mol. The van der Waals surface area contributed by atoms with Gasteiger partial charge in [0.05, 0.1) is 26.9 Å². The number of hydrogen-bond acceptors (Lipinski definition) is 5. The van der Waals surface area contributed by atoms with Crippen LogP contribution in [0.1, 0.15) is 18.9 Å². The Balaban J connectivity index is 2.31. The zero-order valence-electron chi connectivity index (χ0n) is 14.3. The van der Waals surface area contributed by atoms with Gasteiger partial charge in [-0.1, -0.05) is 6.07 Å². The van der Waals surface area contributed by atoms with E-state index in [0.29, 0.717) is 32.2 Å². The van der Waals surface area contributed by atoms with Crippen molar-refractivity contribution in [2.24, 2.45) is 4.99 Å². The standard InChI is InChI=1S/C16H28N4O3/c1-4-17-16(18-8-5-9-23-11-10-21-2)20-13-14-6-7-15(22-3)19-12-14/h6-7,12H,4-5,8-11,13H2,1-3H3,(H2,17,18,20). The second-order valence-electron chi connectivity index (χ2n) is 4.79. The number of hydrogen-bond donors (Lipinski definition) is 2. The third-order valence-electron chi connectivity index (χ3n) is 2.96. The monoisotopic (exact) mass is 324 g/mol. The molecule has 7 nitrogen and oxygen atoms in total. The zero-order chi connectivity index (χ0) is 16.8. The number of pyridine rings is 1. The Labute approximate surface area is 138 Å². The van der Waals surface area contributed by atoms with E-state index < -0.39 is 0 Å². The van der Waals surface area contributed by atoms with Crippen molar-refractivity contribution in [1.82, 2.24) is 15.6 Å². The van der Waals surface area contributed by atoms with E-state index in [-0.39, 0.29) is 0 Å². The van der Waals surface area contributed by atoms with E-state index in [1.807, 2.05) is 19.1 Å². The highest BCUT2D eigenvalue weighted by Crippen LogP contribution is 2.07. The van der Waals surface area contributed by atoms with Crippen molar-refractivity contribution in [2.75, 3.05) is 47.1 Å². The number of nitrogens with one attached hydrogen (secondary N) is 2. The summed E-state index contributed by atoms with van der Waals surface area (Å²) in [7, 11) is 3.27. The van der Waals surface area contributed by atoms with Crippen LogP contribution in [0.4, 0.5) is 0 Å². The minimum Gasteiger partial charge on any atom is -0.481 e. The van der Waals surface area contributed by atoms with Crippen LogP contribution in [0, 0.1) is 0 Å². The van der Waals surface area contributed by atoms with Crippen molar-refractivity contribution < 1.29 is 14.2 Å². The fraction of sp³-hybridized carbons (Fsp3) is 0.625. The van der Waals surface area contributed by atoms with Crippen LogP contribution >= 0.6 is 0 Å². The van der Waals surface area contributed by atoms with Crippen molar-refractivity contribution in [3.05, 3.63) is 23.9 Å². The molecule has 0 aliphatic heterocycles. The summed E-state index contributed by atoms with van der Waals surface area (Å²) in [4.78, 5) is 8.71. The maximum absolute atomic E-state index is 5.42. The quantitative estimate of drug-likeness (QED) is 0.362. The van der Waals surface area contributed by atoms with Gasteiger partial charge in [0.15, 0.2) is 5.96 Å². The van der Waals surface area contributed by atoms with E-state index in [0.717, 1.165) is 31.0 Å². The number of rotatable bonds is 11. The Bertz CT molecular complexity index is 437. The SMILES string of the molecule is CCNC(=NCc1ccc(OC)nc1)NCCCOCCOC. The van der Waals surface area contributed by atoms with E-state index in [1.54, 1.807) is 20.4 Å². The van der Waals surface area contributed by atoms with Gasteiger partial charge >= 0.3 is 0 Å². The van der Waals surface area contributed by atoms with Crippen molar-refractivity contribution in [3.8, 4) is 5.88 Å². The van der Waals surface area contributed by atoms with E-state index in [9.17, 15) is 0 Å². The normalized spacial score (nSPS) is 11.3. The number of aromatic nitrogens is 1. The summed E-state index contributed by atoms with van der Waals surface area (Å²) in [5.41, 5.74) is 1.03. The molecule has 1 heterocycles. The lowest BCUT2D eigenvalue weighted by atomic mass is 10.3. The first-order chi connectivity index (χ1) is 11.3. The molecular formula is C16H28N4O3. The van der Waals surface area contributed by atoms with Gasteiger partial charge in [0.25, 0.3) is 0 Å². The Morgan fingerprint density at radius 3 is 2.70 bits per heavy atom. The summed E-state index contributed by atoms with van der Waals surface area (Å²) in [5.74, 6) is 1.40. The van der Waals surface area contributed by atoms with Gasteiger partial charge in [-0.2, -0.15) is 0 Å². The Morgan fingerprint density at radius 2 is 2.04 bits per heavy atom. The van der Waals surface area contributed by atoms with Crippen LogP contribution in [0.15, 0.2) is 23.3 Å².